The fourth-order valence-electron chi connectivity index (χ4n) is 2.26. The van der Waals surface area contributed by atoms with Gasteiger partial charge >= 0.3 is 6.09 Å². The largest absolute Gasteiger partial charge is 0.440 e. The number of nitrogens with zero attached hydrogens (tertiary/aromatic N) is 2. The molecule has 6 heteroatoms. The maximum absolute atomic E-state index is 14.1. The highest BCUT2D eigenvalue weighted by atomic mass is 19.1. The van der Waals surface area contributed by atoms with Crippen LogP contribution in [-0.2, 0) is 9.47 Å². The van der Waals surface area contributed by atoms with E-state index in [1.54, 1.807) is 12.1 Å². The molecular weight excluding hydrogens is 251 g/mol. The van der Waals surface area contributed by atoms with Crippen molar-refractivity contribution in [2.24, 2.45) is 0 Å². The molecule has 0 aromatic heterocycles. The van der Waals surface area contributed by atoms with E-state index in [2.05, 4.69) is 0 Å². The van der Waals surface area contributed by atoms with Gasteiger partial charge in [0.2, 0.25) is 0 Å². The predicted molar refractivity (Wildman–Crippen MR) is 67.6 cm³/mol. The number of rotatable bonds is 2. The Balaban J connectivity index is 1.82. The number of morpholine rings is 1. The lowest BCUT2D eigenvalue weighted by Crippen LogP contribution is -2.36. The highest BCUT2D eigenvalue weighted by molar-refractivity contribution is 5.90. The van der Waals surface area contributed by atoms with E-state index in [0.717, 1.165) is 0 Å². The van der Waals surface area contributed by atoms with Gasteiger partial charge in [-0.3, -0.25) is 4.90 Å². The van der Waals surface area contributed by atoms with Crippen LogP contribution in [-0.4, -0.2) is 38.9 Å². The lowest BCUT2D eigenvalue weighted by Gasteiger charge is -2.29. The van der Waals surface area contributed by atoms with Gasteiger partial charge in [-0.05, 0) is 18.2 Å². The van der Waals surface area contributed by atoms with Crippen molar-refractivity contribution in [2.75, 3.05) is 42.6 Å². The van der Waals surface area contributed by atoms with Gasteiger partial charge in [-0.1, -0.05) is 0 Å². The minimum absolute atomic E-state index is 0.334. The topological polar surface area (TPSA) is 42.0 Å². The molecule has 0 N–H and O–H groups in total. The van der Waals surface area contributed by atoms with Crippen LogP contribution in [0.1, 0.15) is 0 Å². The van der Waals surface area contributed by atoms with Gasteiger partial charge < -0.3 is 14.4 Å². The van der Waals surface area contributed by atoms with E-state index in [4.69, 9.17) is 9.47 Å². The van der Waals surface area contributed by atoms with Crippen LogP contribution >= 0.6 is 0 Å². The zero-order chi connectivity index (χ0) is 13.2. The van der Waals surface area contributed by atoms with Crippen LogP contribution < -0.4 is 9.80 Å². The van der Waals surface area contributed by atoms with Gasteiger partial charge in [0.05, 0.1) is 31.1 Å². The molecular formula is C13H14FN2O3. The Hall–Kier alpha value is -1.82. The average molecular weight is 265 g/mol. The third-order valence-electron chi connectivity index (χ3n) is 3.26. The van der Waals surface area contributed by atoms with Crippen molar-refractivity contribution < 1.29 is 18.7 Å². The maximum atomic E-state index is 14.1. The Morgan fingerprint density at radius 2 is 2.00 bits per heavy atom. The first-order chi connectivity index (χ1) is 9.25. The van der Waals surface area contributed by atoms with Crippen molar-refractivity contribution in [3.05, 3.63) is 30.6 Å². The molecule has 101 valence electrons. The Morgan fingerprint density at radius 1 is 1.21 bits per heavy atom. The van der Waals surface area contributed by atoms with E-state index < -0.39 is 6.09 Å². The van der Waals surface area contributed by atoms with Crippen LogP contribution in [0.15, 0.2) is 18.2 Å². The van der Waals surface area contributed by atoms with Crippen LogP contribution in [0.2, 0.25) is 0 Å². The van der Waals surface area contributed by atoms with Crippen molar-refractivity contribution in [2.45, 2.75) is 0 Å². The summed E-state index contributed by atoms with van der Waals surface area (Å²) in [4.78, 5) is 14.7. The van der Waals surface area contributed by atoms with E-state index in [1.165, 1.54) is 17.6 Å². The summed E-state index contributed by atoms with van der Waals surface area (Å²) in [6, 6.07) is 4.79. The van der Waals surface area contributed by atoms with Gasteiger partial charge in [0.25, 0.3) is 0 Å². The average Bonchev–Trinajstić information content (AvgIpc) is 2.86. The number of carbonyl (C=O) groups excluding carboxylic acids is 1. The lowest BCUT2D eigenvalue weighted by atomic mass is 10.2. The Kier molecular flexibility index (Phi) is 3.25. The molecule has 1 aromatic rings. The second-order valence-corrected chi connectivity index (χ2v) is 4.40. The molecule has 0 unspecified atom stereocenters. The number of halogens is 1. The van der Waals surface area contributed by atoms with Crippen molar-refractivity contribution in [1.29, 1.82) is 0 Å². The minimum Gasteiger partial charge on any atom is -0.440 e. The van der Waals surface area contributed by atoms with E-state index >= 15 is 0 Å². The molecule has 0 saturated carbocycles. The van der Waals surface area contributed by atoms with Crippen LogP contribution in [0.3, 0.4) is 0 Å². The number of hydrogen-bond donors (Lipinski definition) is 0. The summed E-state index contributed by atoms with van der Waals surface area (Å²) in [7, 11) is 0. The zero-order valence-electron chi connectivity index (χ0n) is 10.3. The molecule has 0 spiro atoms. The molecule has 2 saturated heterocycles. The molecule has 1 amide bonds. The van der Waals surface area contributed by atoms with Gasteiger partial charge in [-0.25, -0.2) is 9.18 Å². The number of benzene rings is 1. The van der Waals surface area contributed by atoms with E-state index in [0.29, 0.717) is 44.2 Å². The Morgan fingerprint density at radius 3 is 2.63 bits per heavy atom. The summed E-state index contributed by atoms with van der Waals surface area (Å²) in [6.45, 7) is 4.31. The summed E-state index contributed by atoms with van der Waals surface area (Å²) in [5.41, 5.74) is 1.05. The molecule has 5 nitrogen and oxygen atoms in total. The molecule has 2 fully saturated rings. The van der Waals surface area contributed by atoms with Crippen LogP contribution in [0.25, 0.3) is 0 Å². The van der Waals surface area contributed by atoms with Gasteiger partial charge in [0.15, 0.2) is 6.61 Å². The molecule has 2 heterocycles. The molecule has 2 aliphatic rings. The number of cyclic esters (lactones) is 1. The number of ether oxygens (including phenoxy) is 2. The fraction of sp³-hybridized carbons (Fsp3) is 0.385. The van der Waals surface area contributed by atoms with Gasteiger partial charge in [0, 0.05) is 13.1 Å². The van der Waals surface area contributed by atoms with Crippen LogP contribution in [0.4, 0.5) is 20.6 Å². The molecule has 0 aliphatic carbocycles. The number of carbonyl (C=O) groups is 1. The minimum atomic E-state index is -0.474. The molecule has 3 rings (SSSR count). The molecule has 0 atom stereocenters. The first-order valence-corrected chi connectivity index (χ1v) is 6.18. The summed E-state index contributed by atoms with van der Waals surface area (Å²) >= 11 is 0. The lowest BCUT2D eigenvalue weighted by molar-refractivity contribution is 0.122. The number of hydrogen-bond acceptors (Lipinski definition) is 4. The molecule has 19 heavy (non-hydrogen) atoms. The smallest absolute Gasteiger partial charge is 0.414 e. The third kappa shape index (κ3) is 2.35. The second kappa shape index (κ2) is 5.05. The van der Waals surface area contributed by atoms with Gasteiger partial charge in [-0.15, -0.1) is 0 Å². The first kappa shape index (κ1) is 12.2. The standard InChI is InChI=1S/C13H14FN2O3/c14-11-9-10(16-5-8-19-13(16)17)1-2-12(11)15-3-6-18-7-4-15/h1-2,8-9H,3-7H2. The Bertz CT molecular complexity index is 489. The summed E-state index contributed by atoms with van der Waals surface area (Å²) < 4.78 is 24.1. The van der Waals surface area contributed by atoms with Crippen molar-refractivity contribution in [1.82, 2.24) is 0 Å². The quantitative estimate of drug-likeness (QED) is 0.817. The molecule has 1 radical (unpaired) electrons. The zero-order valence-corrected chi connectivity index (χ0v) is 10.3. The van der Waals surface area contributed by atoms with E-state index in [9.17, 15) is 9.18 Å². The third-order valence-corrected chi connectivity index (χ3v) is 3.26. The first-order valence-electron chi connectivity index (χ1n) is 6.18. The highest BCUT2D eigenvalue weighted by Crippen LogP contribution is 2.27. The normalized spacial score (nSPS) is 19.7. The molecule has 1 aromatic carbocycles. The van der Waals surface area contributed by atoms with Crippen LogP contribution in [0.5, 0.6) is 0 Å². The summed E-state index contributed by atoms with van der Waals surface area (Å²) in [5, 5.41) is 0. The van der Waals surface area contributed by atoms with E-state index in [1.807, 2.05) is 4.90 Å². The second-order valence-electron chi connectivity index (χ2n) is 4.40. The van der Waals surface area contributed by atoms with Crippen LogP contribution in [0, 0.1) is 12.4 Å². The summed E-state index contributed by atoms with van der Waals surface area (Å²) in [6.07, 6.45) is -0.474. The molecule has 2 aliphatic heterocycles. The van der Waals surface area contributed by atoms with Crippen molar-refractivity contribution >= 4 is 17.5 Å². The van der Waals surface area contributed by atoms with Crippen molar-refractivity contribution in [3.63, 3.8) is 0 Å². The maximum Gasteiger partial charge on any atom is 0.414 e. The molecule has 0 bridgehead atoms. The van der Waals surface area contributed by atoms with E-state index in [-0.39, 0.29) is 5.82 Å². The summed E-state index contributed by atoms with van der Waals surface area (Å²) in [5.74, 6) is -0.334. The number of amides is 1. The highest BCUT2D eigenvalue weighted by Gasteiger charge is 2.25. The Labute approximate surface area is 110 Å². The monoisotopic (exact) mass is 265 g/mol. The van der Waals surface area contributed by atoms with Gasteiger partial charge in [0.1, 0.15) is 5.82 Å². The van der Waals surface area contributed by atoms with Crippen molar-refractivity contribution in [3.8, 4) is 0 Å². The SMILES string of the molecule is O=C1O[CH]CN1c1ccc(N2CCOCC2)c(F)c1. The predicted octanol–water partition coefficient (Wildman–Crippen LogP) is 1.78. The number of anilines is 2. The van der Waals surface area contributed by atoms with Gasteiger partial charge in [-0.2, -0.15) is 0 Å². The fourth-order valence-corrected chi connectivity index (χ4v) is 2.26.